The molecule has 2 aliphatic rings. The van der Waals surface area contributed by atoms with Gasteiger partial charge in [-0.1, -0.05) is 28.1 Å². The molecule has 5 rings (SSSR count). The lowest BCUT2D eigenvalue weighted by atomic mass is 10.1. The number of likely N-dealkylation sites (N-methyl/N-ethyl adjacent to an activating group) is 1. The molecule has 1 saturated heterocycles. The molecule has 0 bridgehead atoms. The molecule has 0 saturated carbocycles. The SMILES string of the molecule is CN1CCN(C2=Nc3ccccc3-n3ccc4cc(Br)cc2c43)CC1. The van der Waals surface area contributed by atoms with E-state index >= 15 is 0 Å². The zero-order valence-electron chi connectivity index (χ0n) is 14.1. The summed E-state index contributed by atoms with van der Waals surface area (Å²) in [6.07, 6.45) is 2.15. The highest BCUT2D eigenvalue weighted by Crippen LogP contribution is 2.36. The summed E-state index contributed by atoms with van der Waals surface area (Å²) in [7, 11) is 2.18. The normalized spacial score (nSPS) is 17.4. The van der Waals surface area contributed by atoms with Crippen LogP contribution in [0.3, 0.4) is 0 Å². The number of fused-ring (bicyclic) bond motifs is 2. The summed E-state index contributed by atoms with van der Waals surface area (Å²) in [5.41, 5.74) is 4.62. The van der Waals surface area contributed by atoms with Gasteiger partial charge < -0.3 is 14.4 Å². The first-order valence-corrected chi connectivity index (χ1v) is 9.42. The largest absolute Gasteiger partial charge is 0.353 e. The molecule has 2 aromatic carbocycles. The maximum atomic E-state index is 5.12. The van der Waals surface area contributed by atoms with E-state index in [9.17, 15) is 0 Å². The van der Waals surface area contributed by atoms with Gasteiger partial charge in [0, 0.05) is 47.8 Å². The molecule has 0 spiro atoms. The van der Waals surface area contributed by atoms with Gasteiger partial charge >= 0.3 is 0 Å². The van der Waals surface area contributed by atoms with Crippen molar-refractivity contribution < 1.29 is 0 Å². The van der Waals surface area contributed by atoms with Crippen molar-refractivity contribution in [2.75, 3.05) is 33.2 Å². The molecular weight excluding hydrogens is 376 g/mol. The van der Waals surface area contributed by atoms with Crippen molar-refractivity contribution in [3.05, 3.63) is 58.7 Å². The standard InChI is InChI=1S/C20H19BrN4/c1-23-8-10-24(11-9-23)20-16-13-15(21)12-14-6-7-25(19(14)16)18-5-3-2-4-17(18)22-20/h2-7,12-13H,8-11H2,1H3. The monoisotopic (exact) mass is 394 g/mol. The molecular formula is C20H19BrN4. The molecule has 4 nitrogen and oxygen atoms in total. The van der Waals surface area contributed by atoms with E-state index in [1.807, 2.05) is 0 Å². The molecule has 0 unspecified atom stereocenters. The van der Waals surface area contributed by atoms with Crippen LogP contribution in [0.5, 0.6) is 0 Å². The van der Waals surface area contributed by atoms with E-state index in [0.717, 1.165) is 47.9 Å². The molecule has 2 aliphatic heterocycles. The minimum atomic E-state index is 1.01. The topological polar surface area (TPSA) is 23.8 Å². The summed E-state index contributed by atoms with van der Waals surface area (Å²) in [5.74, 6) is 1.09. The molecule has 1 fully saturated rings. The van der Waals surface area contributed by atoms with Gasteiger partial charge in [-0.3, -0.25) is 0 Å². The molecule has 1 aromatic heterocycles. The van der Waals surface area contributed by atoms with Crippen LogP contribution in [0.25, 0.3) is 16.6 Å². The van der Waals surface area contributed by atoms with Crippen LogP contribution in [0, 0.1) is 0 Å². The first-order valence-electron chi connectivity index (χ1n) is 8.63. The van der Waals surface area contributed by atoms with E-state index in [1.165, 1.54) is 16.5 Å². The number of piperazine rings is 1. The van der Waals surface area contributed by atoms with Gasteiger partial charge in [-0.2, -0.15) is 0 Å². The van der Waals surface area contributed by atoms with Crippen LogP contribution in [-0.2, 0) is 0 Å². The van der Waals surface area contributed by atoms with Crippen molar-refractivity contribution in [3.8, 4) is 5.69 Å². The fraction of sp³-hybridized carbons (Fsp3) is 0.250. The van der Waals surface area contributed by atoms with E-state index < -0.39 is 0 Å². The number of rotatable bonds is 0. The Morgan fingerprint density at radius 1 is 1.00 bits per heavy atom. The Bertz CT molecular complexity index is 996. The fourth-order valence-corrected chi connectivity index (χ4v) is 4.29. The first kappa shape index (κ1) is 15.2. The van der Waals surface area contributed by atoms with Gasteiger partial charge in [0.1, 0.15) is 5.84 Å². The molecule has 0 atom stereocenters. The number of aromatic nitrogens is 1. The van der Waals surface area contributed by atoms with E-state index in [4.69, 9.17) is 4.99 Å². The lowest BCUT2D eigenvalue weighted by Gasteiger charge is -2.34. The molecule has 25 heavy (non-hydrogen) atoms. The number of para-hydroxylation sites is 2. The number of aliphatic imine (C=N–C) groups is 1. The highest BCUT2D eigenvalue weighted by atomic mass is 79.9. The lowest BCUT2D eigenvalue weighted by molar-refractivity contribution is 0.216. The second kappa shape index (κ2) is 5.71. The van der Waals surface area contributed by atoms with Crippen LogP contribution in [0.1, 0.15) is 5.56 Å². The smallest absolute Gasteiger partial charge is 0.138 e. The second-order valence-corrected chi connectivity index (χ2v) is 7.71. The Balaban J connectivity index is 1.79. The zero-order valence-corrected chi connectivity index (χ0v) is 15.7. The van der Waals surface area contributed by atoms with Gasteiger partial charge in [-0.15, -0.1) is 0 Å². The third-order valence-electron chi connectivity index (χ3n) is 5.16. The average Bonchev–Trinajstić information content (AvgIpc) is 2.97. The maximum absolute atomic E-state index is 5.12. The van der Waals surface area contributed by atoms with Crippen LogP contribution in [0.15, 0.2) is 58.1 Å². The van der Waals surface area contributed by atoms with E-state index in [2.05, 4.69) is 86.0 Å². The van der Waals surface area contributed by atoms with Crippen LogP contribution in [0.2, 0.25) is 0 Å². The van der Waals surface area contributed by atoms with Gasteiger partial charge in [0.25, 0.3) is 0 Å². The minimum absolute atomic E-state index is 1.01. The van der Waals surface area contributed by atoms with E-state index in [0.29, 0.717) is 0 Å². The Labute approximate surface area is 155 Å². The quantitative estimate of drug-likeness (QED) is 0.574. The third kappa shape index (κ3) is 2.41. The van der Waals surface area contributed by atoms with Gasteiger partial charge in [-0.25, -0.2) is 4.99 Å². The summed E-state index contributed by atoms with van der Waals surface area (Å²) in [5, 5.41) is 1.24. The van der Waals surface area contributed by atoms with Crippen molar-refractivity contribution in [1.29, 1.82) is 0 Å². The molecule has 0 N–H and O–H groups in total. The number of amidine groups is 1. The second-order valence-electron chi connectivity index (χ2n) is 6.79. The number of nitrogens with zero attached hydrogens (tertiary/aromatic N) is 4. The maximum Gasteiger partial charge on any atom is 0.138 e. The first-order chi connectivity index (χ1) is 12.2. The predicted molar refractivity (Wildman–Crippen MR) is 106 cm³/mol. The molecule has 0 amide bonds. The van der Waals surface area contributed by atoms with E-state index in [-0.39, 0.29) is 0 Å². The predicted octanol–water partition coefficient (Wildman–Crippen LogP) is 4.03. The number of hydrogen-bond donors (Lipinski definition) is 0. The zero-order chi connectivity index (χ0) is 17.0. The van der Waals surface area contributed by atoms with Crippen LogP contribution < -0.4 is 0 Å². The summed E-state index contributed by atoms with van der Waals surface area (Å²) < 4.78 is 3.37. The highest BCUT2D eigenvalue weighted by molar-refractivity contribution is 9.10. The summed E-state index contributed by atoms with van der Waals surface area (Å²) in [6, 6.07) is 15.0. The molecule has 0 radical (unpaired) electrons. The van der Waals surface area contributed by atoms with Crippen molar-refractivity contribution in [1.82, 2.24) is 14.4 Å². The third-order valence-corrected chi connectivity index (χ3v) is 5.62. The van der Waals surface area contributed by atoms with Crippen LogP contribution in [0.4, 0.5) is 5.69 Å². The summed E-state index contributed by atoms with van der Waals surface area (Å²) in [6.45, 7) is 4.15. The van der Waals surface area contributed by atoms with Gasteiger partial charge in [0.2, 0.25) is 0 Å². The molecule has 126 valence electrons. The average molecular weight is 395 g/mol. The van der Waals surface area contributed by atoms with Gasteiger partial charge in [0.15, 0.2) is 0 Å². The molecule has 0 aliphatic carbocycles. The van der Waals surface area contributed by atoms with Crippen molar-refractivity contribution in [3.63, 3.8) is 0 Å². The number of benzene rings is 2. The fourth-order valence-electron chi connectivity index (χ4n) is 3.81. The summed E-state index contributed by atoms with van der Waals surface area (Å²) in [4.78, 5) is 9.93. The highest BCUT2D eigenvalue weighted by Gasteiger charge is 2.25. The minimum Gasteiger partial charge on any atom is -0.353 e. The van der Waals surface area contributed by atoms with E-state index in [1.54, 1.807) is 0 Å². The van der Waals surface area contributed by atoms with Crippen LogP contribution in [-0.4, -0.2) is 53.4 Å². The van der Waals surface area contributed by atoms with Crippen molar-refractivity contribution in [2.45, 2.75) is 0 Å². The molecule has 5 heteroatoms. The lowest BCUT2D eigenvalue weighted by Crippen LogP contribution is -2.47. The molecule has 3 heterocycles. The number of halogens is 1. The van der Waals surface area contributed by atoms with Crippen molar-refractivity contribution >= 4 is 38.4 Å². The Kier molecular flexibility index (Phi) is 3.47. The van der Waals surface area contributed by atoms with Gasteiger partial charge in [0.05, 0.1) is 16.9 Å². The summed E-state index contributed by atoms with van der Waals surface area (Å²) >= 11 is 3.69. The Morgan fingerprint density at radius 2 is 1.80 bits per heavy atom. The Hall–Kier alpha value is -2.11. The molecule has 3 aromatic rings. The Morgan fingerprint density at radius 3 is 2.64 bits per heavy atom. The van der Waals surface area contributed by atoms with Crippen molar-refractivity contribution in [2.24, 2.45) is 4.99 Å². The number of hydrogen-bond acceptors (Lipinski definition) is 3. The van der Waals surface area contributed by atoms with Gasteiger partial charge in [-0.05, 0) is 37.4 Å². The van der Waals surface area contributed by atoms with Crippen LogP contribution >= 0.6 is 15.9 Å².